The van der Waals surface area contributed by atoms with Crippen LogP contribution in [-0.4, -0.2) is 24.4 Å². The Labute approximate surface area is 115 Å². The monoisotopic (exact) mass is 315 g/mol. The largest absolute Gasteiger partial charge is 0.341 e. The summed E-state index contributed by atoms with van der Waals surface area (Å²) < 4.78 is 0.762. The minimum Gasteiger partial charge on any atom is -0.341 e. The van der Waals surface area contributed by atoms with Crippen LogP contribution in [0.5, 0.6) is 0 Å². The molecule has 2 nitrogen and oxygen atoms in total. The number of nitrogens with zero attached hydrogens (tertiary/aromatic N) is 1. The molecule has 0 heterocycles. The van der Waals surface area contributed by atoms with Gasteiger partial charge in [0.1, 0.15) is 0 Å². The fourth-order valence-electron chi connectivity index (χ4n) is 1.96. The molecule has 17 heavy (non-hydrogen) atoms. The van der Waals surface area contributed by atoms with Gasteiger partial charge in [-0.3, -0.25) is 4.79 Å². The average Bonchev–Trinajstić information content (AvgIpc) is 2.97. The highest BCUT2D eigenvalue weighted by molar-refractivity contribution is 9.10. The highest BCUT2D eigenvalue weighted by atomic mass is 79.9. The lowest BCUT2D eigenvalue weighted by Gasteiger charge is -2.18. The van der Waals surface area contributed by atoms with Crippen molar-refractivity contribution in [2.75, 3.05) is 13.6 Å². The van der Waals surface area contributed by atoms with Gasteiger partial charge in [-0.15, -0.1) is 0 Å². The quantitative estimate of drug-likeness (QED) is 0.830. The molecule has 2 rings (SSSR count). The van der Waals surface area contributed by atoms with Crippen LogP contribution in [0.4, 0.5) is 0 Å². The summed E-state index contributed by atoms with van der Waals surface area (Å²) in [7, 11) is 1.84. The molecule has 1 aromatic rings. The summed E-state index contributed by atoms with van der Waals surface area (Å²) in [6, 6.07) is 5.43. The lowest BCUT2D eigenvalue weighted by atomic mass is 10.2. The molecule has 2 atom stereocenters. The second kappa shape index (κ2) is 4.99. The lowest BCUT2D eigenvalue weighted by Crippen LogP contribution is -2.29. The average molecular weight is 317 g/mol. The summed E-state index contributed by atoms with van der Waals surface area (Å²) in [5.41, 5.74) is 0.567. The highest BCUT2D eigenvalue weighted by Gasteiger charge is 2.34. The van der Waals surface area contributed by atoms with Crippen LogP contribution in [0.3, 0.4) is 0 Å². The van der Waals surface area contributed by atoms with Crippen LogP contribution in [0, 0.1) is 11.8 Å². The summed E-state index contributed by atoms with van der Waals surface area (Å²) in [4.78, 5) is 14.0. The molecule has 1 aromatic carbocycles. The van der Waals surface area contributed by atoms with E-state index in [0.29, 0.717) is 16.5 Å². The molecule has 1 saturated carbocycles. The third kappa shape index (κ3) is 2.83. The standard InChI is InChI=1S/C13H15BrClNO/c1-8-6-9(8)7-16(2)13(17)10-4-3-5-11(14)12(10)15/h3-5,8-9H,6-7H2,1-2H3. The summed E-state index contributed by atoms with van der Waals surface area (Å²) in [5.74, 6) is 1.41. The fourth-order valence-corrected chi connectivity index (χ4v) is 2.54. The first-order chi connectivity index (χ1) is 8.00. The Morgan fingerprint density at radius 3 is 2.82 bits per heavy atom. The molecule has 0 spiro atoms. The first kappa shape index (κ1) is 12.9. The van der Waals surface area contributed by atoms with Gasteiger partial charge in [-0.05, 0) is 46.3 Å². The number of carbonyl (C=O) groups is 1. The van der Waals surface area contributed by atoms with Gasteiger partial charge in [-0.2, -0.15) is 0 Å². The van der Waals surface area contributed by atoms with Gasteiger partial charge in [0, 0.05) is 18.1 Å². The predicted molar refractivity (Wildman–Crippen MR) is 73.4 cm³/mol. The maximum atomic E-state index is 12.2. The van der Waals surface area contributed by atoms with Gasteiger partial charge in [0.2, 0.25) is 0 Å². The zero-order valence-corrected chi connectivity index (χ0v) is 12.3. The zero-order chi connectivity index (χ0) is 12.6. The summed E-state index contributed by atoms with van der Waals surface area (Å²) in [6.07, 6.45) is 1.23. The van der Waals surface area contributed by atoms with E-state index in [9.17, 15) is 4.79 Å². The molecular formula is C13H15BrClNO. The van der Waals surface area contributed by atoms with E-state index >= 15 is 0 Å². The molecule has 0 aromatic heterocycles. The molecule has 92 valence electrons. The van der Waals surface area contributed by atoms with Gasteiger partial charge in [0.05, 0.1) is 10.6 Å². The van der Waals surface area contributed by atoms with Crippen LogP contribution in [0.1, 0.15) is 23.7 Å². The zero-order valence-electron chi connectivity index (χ0n) is 9.91. The molecule has 0 aliphatic heterocycles. The number of hydrogen-bond acceptors (Lipinski definition) is 1. The molecule has 0 saturated heterocycles. The smallest absolute Gasteiger partial charge is 0.255 e. The Bertz CT molecular complexity index is 449. The third-order valence-electron chi connectivity index (χ3n) is 3.31. The van der Waals surface area contributed by atoms with Gasteiger partial charge in [-0.25, -0.2) is 0 Å². The second-order valence-corrected chi connectivity index (χ2v) is 5.99. The van der Waals surface area contributed by atoms with Crippen molar-refractivity contribution in [1.82, 2.24) is 4.90 Å². The maximum Gasteiger partial charge on any atom is 0.255 e. The van der Waals surface area contributed by atoms with E-state index in [1.807, 2.05) is 19.2 Å². The van der Waals surface area contributed by atoms with E-state index in [1.165, 1.54) is 6.42 Å². The van der Waals surface area contributed by atoms with Crippen LogP contribution in [0.2, 0.25) is 5.02 Å². The van der Waals surface area contributed by atoms with Crippen molar-refractivity contribution in [2.24, 2.45) is 11.8 Å². The van der Waals surface area contributed by atoms with Crippen LogP contribution >= 0.6 is 27.5 Å². The van der Waals surface area contributed by atoms with Gasteiger partial charge >= 0.3 is 0 Å². The first-order valence-electron chi connectivity index (χ1n) is 5.70. The minimum atomic E-state index is -0.00426. The molecule has 0 radical (unpaired) electrons. The SMILES string of the molecule is CC1CC1CN(C)C(=O)c1cccc(Br)c1Cl. The number of benzene rings is 1. The van der Waals surface area contributed by atoms with Crippen LogP contribution in [-0.2, 0) is 0 Å². The molecule has 0 bridgehead atoms. The van der Waals surface area contributed by atoms with Crippen LogP contribution in [0.15, 0.2) is 22.7 Å². The summed E-state index contributed by atoms with van der Waals surface area (Å²) in [6.45, 7) is 3.04. The van der Waals surface area contributed by atoms with Crippen molar-refractivity contribution in [3.63, 3.8) is 0 Å². The topological polar surface area (TPSA) is 20.3 Å². The Kier molecular flexibility index (Phi) is 3.79. The van der Waals surface area contributed by atoms with Crippen molar-refractivity contribution < 1.29 is 4.79 Å². The Morgan fingerprint density at radius 1 is 1.59 bits per heavy atom. The number of rotatable bonds is 3. The highest BCUT2D eigenvalue weighted by Crippen LogP contribution is 2.38. The fraction of sp³-hybridized carbons (Fsp3) is 0.462. The van der Waals surface area contributed by atoms with Gasteiger partial charge < -0.3 is 4.90 Å². The minimum absolute atomic E-state index is 0.00426. The maximum absolute atomic E-state index is 12.2. The molecule has 1 fully saturated rings. The van der Waals surface area contributed by atoms with Crippen molar-refractivity contribution in [3.8, 4) is 0 Å². The van der Waals surface area contributed by atoms with Crippen molar-refractivity contribution in [3.05, 3.63) is 33.3 Å². The number of amides is 1. The third-order valence-corrected chi connectivity index (χ3v) is 4.61. The first-order valence-corrected chi connectivity index (χ1v) is 6.87. The molecule has 0 N–H and O–H groups in total. The molecule has 1 aliphatic rings. The normalized spacial score (nSPS) is 22.4. The van der Waals surface area contributed by atoms with E-state index in [-0.39, 0.29) is 5.91 Å². The van der Waals surface area contributed by atoms with Crippen LogP contribution < -0.4 is 0 Å². The summed E-state index contributed by atoms with van der Waals surface area (Å²) >= 11 is 9.45. The van der Waals surface area contributed by atoms with Gasteiger partial charge in [-0.1, -0.05) is 24.6 Å². The van der Waals surface area contributed by atoms with Crippen molar-refractivity contribution >= 4 is 33.4 Å². The van der Waals surface area contributed by atoms with E-state index in [4.69, 9.17) is 11.6 Å². The van der Waals surface area contributed by atoms with Crippen LogP contribution in [0.25, 0.3) is 0 Å². The Hall–Kier alpha value is -0.540. The number of hydrogen-bond donors (Lipinski definition) is 0. The molecule has 1 amide bonds. The number of halogens is 2. The Balaban J connectivity index is 2.10. The lowest BCUT2D eigenvalue weighted by molar-refractivity contribution is 0.0787. The van der Waals surface area contributed by atoms with Gasteiger partial charge in [0.15, 0.2) is 0 Å². The molecule has 4 heteroatoms. The van der Waals surface area contributed by atoms with E-state index in [1.54, 1.807) is 11.0 Å². The van der Waals surface area contributed by atoms with Crippen molar-refractivity contribution in [1.29, 1.82) is 0 Å². The predicted octanol–water partition coefficient (Wildman–Crippen LogP) is 3.83. The molecule has 2 unspecified atom stereocenters. The molecule has 1 aliphatic carbocycles. The molecular weight excluding hydrogens is 302 g/mol. The van der Waals surface area contributed by atoms with E-state index < -0.39 is 0 Å². The number of carbonyl (C=O) groups excluding carboxylic acids is 1. The Morgan fingerprint density at radius 2 is 2.24 bits per heavy atom. The van der Waals surface area contributed by atoms with E-state index in [0.717, 1.165) is 16.9 Å². The van der Waals surface area contributed by atoms with Gasteiger partial charge in [0.25, 0.3) is 5.91 Å². The van der Waals surface area contributed by atoms with E-state index in [2.05, 4.69) is 22.9 Å². The second-order valence-electron chi connectivity index (χ2n) is 4.76. The van der Waals surface area contributed by atoms with Crippen molar-refractivity contribution in [2.45, 2.75) is 13.3 Å². The summed E-state index contributed by atoms with van der Waals surface area (Å²) in [5, 5.41) is 0.494.